The molecule has 0 aromatic carbocycles. The Balaban J connectivity index is 4.42. The maximum absolute atomic E-state index is 12.8. The van der Waals surface area contributed by atoms with Crippen molar-refractivity contribution in [1.82, 2.24) is 0 Å². The molecule has 0 aromatic heterocycles. The molecule has 0 unspecified atom stereocenters. The Morgan fingerprint density at radius 2 is 0.600 bits per heavy atom. The van der Waals surface area contributed by atoms with Crippen LogP contribution in [-0.4, -0.2) is 37.2 Å². The predicted octanol–water partition coefficient (Wildman–Crippen LogP) is 16.5. The van der Waals surface area contributed by atoms with Crippen LogP contribution < -0.4 is 0 Å². The molecule has 0 rings (SSSR count). The molecule has 0 saturated heterocycles. The summed E-state index contributed by atoms with van der Waals surface area (Å²) in [5.74, 6) is -0.937. The van der Waals surface area contributed by atoms with E-state index in [9.17, 15) is 14.4 Å². The summed E-state index contributed by atoms with van der Waals surface area (Å²) in [5.41, 5.74) is 0. The van der Waals surface area contributed by atoms with Gasteiger partial charge in [0, 0.05) is 19.3 Å². The van der Waals surface area contributed by atoms with Gasteiger partial charge in [-0.05, 0) is 89.9 Å². The Bertz CT molecular complexity index is 1100. The van der Waals surface area contributed by atoms with E-state index < -0.39 is 6.10 Å². The van der Waals surface area contributed by atoms with Crippen LogP contribution in [0.1, 0.15) is 245 Å². The van der Waals surface area contributed by atoms with Crippen molar-refractivity contribution in [1.29, 1.82) is 0 Å². The van der Waals surface area contributed by atoms with Gasteiger partial charge in [0.1, 0.15) is 13.2 Å². The molecule has 0 aliphatic carbocycles. The average molecular weight is 839 g/mol. The van der Waals surface area contributed by atoms with E-state index in [0.717, 1.165) is 77.0 Å². The topological polar surface area (TPSA) is 78.9 Å². The number of carbonyl (C=O) groups is 3. The molecular weight excluding hydrogens is 745 g/mol. The van der Waals surface area contributed by atoms with E-state index in [1.54, 1.807) is 0 Å². The van der Waals surface area contributed by atoms with Gasteiger partial charge in [-0.1, -0.05) is 197 Å². The zero-order valence-electron chi connectivity index (χ0n) is 39.5. The van der Waals surface area contributed by atoms with E-state index in [1.165, 1.54) is 122 Å². The monoisotopic (exact) mass is 839 g/mol. The zero-order chi connectivity index (χ0) is 43.7. The number of unbranched alkanes of at least 4 members (excludes halogenated alkanes) is 24. The molecular formula is C54H94O6. The van der Waals surface area contributed by atoms with Gasteiger partial charge in [-0.25, -0.2) is 0 Å². The molecule has 6 heteroatoms. The predicted molar refractivity (Wildman–Crippen MR) is 256 cm³/mol. The van der Waals surface area contributed by atoms with Crippen molar-refractivity contribution in [2.45, 2.75) is 252 Å². The molecule has 346 valence electrons. The molecule has 0 aromatic rings. The van der Waals surface area contributed by atoms with Crippen LogP contribution in [0.2, 0.25) is 0 Å². The van der Waals surface area contributed by atoms with Crippen LogP contribution in [0.4, 0.5) is 0 Å². The molecule has 0 heterocycles. The quantitative estimate of drug-likeness (QED) is 0.0263. The second-order valence-corrected chi connectivity index (χ2v) is 16.7. The third-order valence-corrected chi connectivity index (χ3v) is 10.7. The van der Waals surface area contributed by atoms with E-state index in [-0.39, 0.29) is 37.5 Å². The minimum Gasteiger partial charge on any atom is -0.462 e. The number of esters is 3. The molecule has 60 heavy (non-hydrogen) atoms. The summed E-state index contributed by atoms with van der Waals surface area (Å²) < 4.78 is 16.7. The van der Waals surface area contributed by atoms with Crippen molar-refractivity contribution in [3.63, 3.8) is 0 Å². The summed E-state index contributed by atoms with van der Waals surface area (Å²) in [6.45, 7) is 6.53. The van der Waals surface area contributed by atoms with Crippen LogP contribution in [-0.2, 0) is 28.6 Å². The lowest BCUT2D eigenvalue weighted by Gasteiger charge is -2.18. The molecule has 6 nitrogen and oxygen atoms in total. The fraction of sp³-hybridized carbons (Fsp3) is 0.759. The Kier molecular flexibility index (Phi) is 46.4. The van der Waals surface area contributed by atoms with Crippen molar-refractivity contribution in [2.24, 2.45) is 0 Å². The first-order valence-corrected chi connectivity index (χ1v) is 25.3. The van der Waals surface area contributed by atoms with Gasteiger partial charge in [0.2, 0.25) is 0 Å². The van der Waals surface area contributed by atoms with E-state index in [0.29, 0.717) is 19.3 Å². The van der Waals surface area contributed by atoms with Crippen LogP contribution in [0.3, 0.4) is 0 Å². The number of ether oxygens (including phenoxy) is 3. The smallest absolute Gasteiger partial charge is 0.306 e. The maximum Gasteiger partial charge on any atom is 0.306 e. The lowest BCUT2D eigenvalue weighted by atomic mass is 10.1. The minimum atomic E-state index is -0.794. The second-order valence-electron chi connectivity index (χ2n) is 16.7. The highest BCUT2D eigenvalue weighted by molar-refractivity contribution is 5.71. The third kappa shape index (κ3) is 46.2. The Morgan fingerprint density at radius 1 is 0.333 bits per heavy atom. The van der Waals surface area contributed by atoms with Gasteiger partial charge in [0.15, 0.2) is 6.10 Å². The van der Waals surface area contributed by atoms with Gasteiger partial charge in [-0.15, -0.1) is 0 Å². The molecule has 0 radical (unpaired) electrons. The largest absolute Gasteiger partial charge is 0.462 e. The first kappa shape index (κ1) is 57.1. The lowest BCUT2D eigenvalue weighted by Crippen LogP contribution is -2.30. The SMILES string of the molecule is CCCCC/C=C\C/C=C\C/C=C\CCCCC(=O)O[C@@H](COC(=O)CCCCCCCCC/C=C\C/C=C\CCCCC)COC(=O)CCCCCCCCCCCC. The van der Waals surface area contributed by atoms with Crippen molar-refractivity contribution in [3.05, 3.63) is 60.8 Å². The molecule has 0 N–H and O–H groups in total. The number of hydrogen-bond donors (Lipinski definition) is 0. The molecule has 0 aliphatic rings. The molecule has 1 atom stereocenters. The Labute approximate surface area is 370 Å². The summed E-state index contributed by atoms with van der Waals surface area (Å²) in [6.07, 6.45) is 59.1. The number of allylic oxidation sites excluding steroid dienone is 10. The molecule has 0 spiro atoms. The van der Waals surface area contributed by atoms with Gasteiger partial charge in [0.05, 0.1) is 0 Å². The van der Waals surface area contributed by atoms with Crippen molar-refractivity contribution < 1.29 is 28.6 Å². The van der Waals surface area contributed by atoms with Gasteiger partial charge in [-0.3, -0.25) is 14.4 Å². The summed E-state index contributed by atoms with van der Waals surface area (Å²) in [6, 6.07) is 0. The fourth-order valence-electron chi connectivity index (χ4n) is 6.89. The zero-order valence-corrected chi connectivity index (χ0v) is 39.5. The van der Waals surface area contributed by atoms with Crippen molar-refractivity contribution >= 4 is 17.9 Å². The first-order chi connectivity index (χ1) is 29.5. The van der Waals surface area contributed by atoms with Crippen molar-refractivity contribution in [2.75, 3.05) is 13.2 Å². The highest BCUT2D eigenvalue weighted by Crippen LogP contribution is 2.14. The van der Waals surface area contributed by atoms with Crippen molar-refractivity contribution in [3.8, 4) is 0 Å². The summed E-state index contributed by atoms with van der Waals surface area (Å²) in [5, 5.41) is 0. The normalized spacial score (nSPS) is 12.5. The van der Waals surface area contributed by atoms with E-state index in [1.807, 2.05) is 0 Å². The summed E-state index contributed by atoms with van der Waals surface area (Å²) in [4.78, 5) is 37.9. The third-order valence-electron chi connectivity index (χ3n) is 10.7. The summed E-state index contributed by atoms with van der Waals surface area (Å²) in [7, 11) is 0. The Morgan fingerprint density at radius 3 is 1.00 bits per heavy atom. The van der Waals surface area contributed by atoms with Crippen LogP contribution in [0.25, 0.3) is 0 Å². The van der Waals surface area contributed by atoms with Crippen LogP contribution in [0, 0.1) is 0 Å². The van der Waals surface area contributed by atoms with Crippen LogP contribution in [0.5, 0.6) is 0 Å². The Hall–Kier alpha value is -2.89. The summed E-state index contributed by atoms with van der Waals surface area (Å²) >= 11 is 0. The number of hydrogen-bond acceptors (Lipinski definition) is 6. The standard InChI is InChI=1S/C54H94O6/c1-4-7-10-13-16-19-22-24-26-27-29-30-32-35-38-41-44-47-53(56)59-50-51(49-58-52(55)46-43-40-37-34-21-18-15-12-9-6-3)60-54(57)48-45-42-39-36-33-31-28-25-23-20-17-14-11-8-5-2/h16-17,19-20,24-26,28,33,36,51H,4-15,18,21-23,27,29-32,34-35,37-50H2,1-3H3/b19-16-,20-17-,26-24-,28-25-,36-33-/t51-/m1/s1. The number of rotatable bonds is 45. The molecule has 0 bridgehead atoms. The van der Waals surface area contributed by atoms with Crippen LogP contribution >= 0.6 is 0 Å². The van der Waals surface area contributed by atoms with Gasteiger partial charge < -0.3 is 14.2 Å². The highest BCUT2D eigenvalue weighted by atomic mass is 16.6. The number of carbonyl (C=O) groups excluding carboxylic acids is 3. The van der Waals surface area contributed by atoms with E-state index in [2.05, 4.69) is 81.5 Å². The van der Waals surface area contributed by atoms with Crippen LogP contribution in [0.15, 0.2) is 60.8 Å². The lowest BCUT2D eigenvalue weighted by molar-refractivity contribution is -0.167. The minimum absolute atomic E-state index is 0.0908. The molecule has 0 amide bonds. The second kappa shape index (κ2) is 48.8. The average Bonchev–Trinajstić information content (AvgIpc) is 3.24. The van der Waals surface area contributed by atoms with E-state index in [4.69, 9.17) is 14.2 Å². The van der Waals surface area contributed by atoms with Gasteiger partial charge in [0.25, 0.3) is 0 Å². The van der Waals surface area contributed by atoms with Gasteiger partial charge >= 0.3 is 17.9 Å². The highest BCUT2D eigenvalue weighted by Gasteiger charge is 2.19. The molecule has 0 fully saturated rings. The molecule has 0 saturated carbocycles. The van der Waals surface area contributed by atoms with E-state index >= 15 is 0 Å². The molecule has 0 aliphatic heterocycles. The maximum atomic E-state index is 12.8. The fourth-order valence-corrected chi connectivity index (χ4v) is 6.89. The van der Waals surface area contributed by atoms with Gasteiger partial charge in [-0.2, -0.15) is 0 Å². The first-order valence-electron chi connectivity index (χ1n) is 25.3.